The SMILES string of the molecule is COc1ccc(S(=O)(=O)Nc2cc(OC)ccc2Br)cc1. The highest BCUT2D eigenvalue weighted by Gasteiger charge is 2.16. The van der Waals surface area contributed by atoms with Gasteiger partial charge in [-0.05, 0) is 52.3 Å². The van der Waals surface area contributed by atoms with E-state index in [1.807, 2.05) is 0 Å². The predicted molar refractivity (Wildman–Crippen MR) is 84.5 cm³/mol. The fourth-order valence-electron chi connectivity index (χ4n) is 1.67. The van der Waals surface area contributed by atoms with Crippen molar-refractivity contribution >= 4 is 31.6 Å². The molecular formula is C14H14BrNO4S. The molecule has 0 aliphatic heterocycles. The third kappa shape index (κ3) is 3.68. The smallest absolute Gasteiger partial charge is 0.261 e. The van der Waals surface area contributed by atoms with Crippen molar-refractivity contribution in [1.82, 2.24) is 0 Å². The van der Waals surface area contributed by atoms with E-state index in [1.165, 1.54) is 26.4 Å². The van der Waals surface area contributed by atoms with Crippen molar-refractivity contribution in [1.29, 1.82) is 0 Å². The van der Waals surface area contributed by atoms with Crippen LogP contribution >= 0.6 is 15.9 Å². The molecule has 21 heavy (non-hydrogen) atoms. The van der Waals surface area contributed by atoms with E-state index in [0.29, 0.717) is 21.7 Å². The van der Waals surface area contributed by atoms with Crippen LogP contribution < -0.4 is 14.2 Å². The summed E-state index contributed by atoms with van der Waals surface area (Å²) in [7, 11) is -0.635. The number of hydrogen-bond donors (Lipinski definition) is 1. The van der Waals surface area contributed by atoms with Crippen LogP contribution in [0.1, 0.15) is 0 Å². The maximum absolute atomic E-state index is 12.3. The standard InChI is InChI=1S/C14H14BrNO4S/c1-19-10-3-6-12(7-4-10)21(17,18)16-14-9-11(20-2)5-8-13(14)15/h3-9,16H,1-2H3. The number of rotatable bonds is 5. The number of anilines is 1. The number of ether oxygens (including phenoxy) is 2. The molecule has 0 aliphatic rings. The van der Waals surface area contributed by atoms with Crippen LogP contribution in [0.2, 0.25) is 0 Å². The molecule has 0 saturated heterocycles. The molecule has 0 radical (unpaired) electrons. The van der Waals surface area contributed by atoms with E-state index in [4.69, 9.17) is 9.47 Å². The molecule has 2 aromatic rings. The number of hydrogen-bond acceptors (Lipinski definition) is 4. The zero-order valence-electron chi connectivity index (χ0n) is 11.5. The van der Waals surface area contributed by atoms with Crippen LogP contribution in [-0.2, 0) is 10.0 Å². The molecule has 5 nitrogen and oxygen atoms in total. The summed E-state index contributed by atoms with van der Waals surface area (Å²) in [6.45, 7) is 0. The van der Waals surface area contributed by atoms with Crippen LogP contribution in [0, 0.1) is 0 Å². The van der Waals surface area contributed by atoms with Gasteiger partial charge in [-0.2, -0.15) is 0 Å². The molecule has 0 spiro atoms. The minimum atomic E-state index is -3.68. The largest absolute Gasteiger partial charge is 0.497 e. The molecule has 0 bridgehead atoms. The Morgan fingerprint density at radius 2 is 1.52 bits per heavy atom. The summed E-state index contributed by atoms with van der Waals surface area (Å²) in [5, 5.41) is 0. The minimum Gasteiger partial charge on any atom is -0.497 e. The molecule has 0 saturated carbocycles. The third-order valence-corrected chi connectivity index (χ3v) is 4.86. The predicted octanol–water partition coefficient (Wildman–Crippen LogP) is 3.27. The first kappa shape index (κ1) is 15.7. The first-order chi connectivity index (χ1) is 9.96. The van der Waals surface area contributed by atoms with Crippen LogP contribution in [0.3, 0.4) is 0 Å². The molecule has 0 aliphatic carbocycles. The van der Waals surface area contributed by atoms with E-state index >= 15 is 0 Å². The summed E-state index contributed by atoms with van der Waals surface area (Å²) in [6, 6.07) is 11.2. The zero-order chi connectivity index (χ0) is 15.5. The van der Waals surface area contributed by atoms with Crippen LogP contribution in [0.4, 0.5) is 5.69 Å². The Morgan fingerprint density at radius 3 is 2.10 bits per heavy atom. The Labute approximate surface area is 132 Å². The number of nitrogens with one attached hydrogen (secondary N) is 1. The fraction of sp³-hybridized carbons (Fsp3) is 0.143. The monoisotopic (exact) mass is 371 g/mol. The van der Waals surface area contributed by atoms with Gasteiger partial charge in [-0.3, -0.25) is 4.72 Å². The molecule has 0 fully saturated rings. The van der Waals surface area contributed by atoms with Crippen molar-refractivity contribution in [3.63, 3.8) is 0 Å². The molecule has 0 amide bonds. The summed E-state index contributed by atoms with van der Waals surface area (Å²) in [5.41, 5.74) is 0.408. The molecule has 112 valence electrons. The molecule has 2 aromatic carbocycles. The highest BCUT2D eigenvalue weighted by molar-refractivity contribution is 9.10. The van der Waals surface area contributed by atoms with Crippen molar-refractivity contribution in [3.8, 4) is 11.5 Å². The fourth-order valence-corrected chi connectivity index (χ4v) is 3.22. The first-order valence-corrected chi connectivity index (χ1v) is 8.24. The number of benzene rings is 2. The van der Waals surface area contributed by atoms with Crippen LogP contribution in [0.25, 0.3) is 0 Å². The van der Waals surface area contributed by atoms with Gasteiger partial charge < -0.3 is 9.47 Å². The van der Waals surface area contributed by atoms with Gasteiger partial charge >= 0.3 is 0 Å². The quantitative estimate of drug-likeness (QED) is 0.875. The van der Waals surface area contributed by atoms with Crippen molar-refractivity contribution in [2.75, 3.05) is 18.9 Å². The van der Waals surface area contributed by atoms with Crippen LogP contribution in [-0.4, -0.2) is 22.6 Å². The summed E-state index contributed by atoms with van der Waals surface area (Å²) < 4.78 is 37.9. The molecular weight excluding hydrogens is 358 g/mol. The van der Waals surface area contributed by atoms with E-state index in [1.54, 1.807) is 30.3 Å². The lowest BCUT2D eigenvalue weighted by atomic mass is 10.3. The van der Waals surface area contributed by atoms with E-state index < -0.39 is 10.0 Å². The van der Waals surface area contributed by atoms with Gasteiger partial charge in [-0.1, -0.05) is 0 Å². The van der Waals surface area contributed by atoms with Gasteiger partial charge in [0.1, 0.15) is 11.5 Å². The normalized spacial score (nSPS) is 11.0. The molecule has 0 heterocycles. The summed E-state index contributed by atoms with van der Waals surface area (Å²) >= 11 is 3.31. The lowest BCUT2D eigenvalue weighted by molar-refractivity contribution is 0.414. The summed E-state index contributed by atoms with van der Waals surface area (Å²) in [4.78, 5) is 0.151. The molecule has 0 unspecified atom stereocenters. The van der Waals surface area contributed by atoms with Crippen molar-refractivity contribution in [2.45, 2.75) is 4.90 Å². The highest BCUT2D eigenvalue weighted by atomic mass is 79.9. The topological polar surface area (TPSA) is 64.6 Å². The van der Waals surface area contributed by atoms with E-state index in [-0.39, 0.29) is 4.90 Å². The van der Waals surface area contributed by atoms with E-state index in [0.717, 1.165) is 0 Å². The Balaban J connectivity index is 2.32. The lowest BCUT2D eigenvalue weighted by Gasteiger charge is -2.11. The average molecular weight is 372 g/mol. The van der Waals surface area contributed by atoms with E-state index in [2.05, 4.69) is 20.7 Å². The molecule has 0 atom stereocenters. The third-order valence-electron chi connectivity index (χ3n) is 2.79. The molecule has 0 aromatic heterocycles. The second-order valence-electron chi connectivity index (χ2n) is 4.13. The number of sulfonamides is 1. The Kier molecular flexibility index (Phi) is 4.74. The van der Waals surface area contributed by atoms with Gasteiger partial charge in [-0.15, -0.1) is 0 Å². The Hall–Kier alpha value is -1.73. The first-order valence-electron chi connectivity index (χ1n) is 5.96. The van der Waals surface area contributed by atoms with Gasteiger partial charge in [0.2, 0.25) is 0 Å². The Morgan fingerprint density at radius 1 is 0.952 bits per heavy atom. The van der Waals surface area contributed by atoms with Crippen molar-refractivity contribution in [2.24, 2.45) is 0 Å². The second kappa shape index (κ2) is 6.36. The van der Waals surface area contributed by atoms with Gasteiger partial charge in [-0.25, -0.2) is 8.42 Å². The number of halogens is 1. The van der Waals surface area contributed by atoms with Crippen molar-refractivity contribution in [3.05, 3.63) is 46.9 Å². The van der Waals surface area contributed by atoms with Gasteiger partial charge in [0.05, 0.1) is 24.8 Å². The Bertz CT molecular complexity index is 729. The van der Waals surface area contributed by atoms with Crippen LogP contribution in [0.5, 0.6) is 11.5 Å². The van der Waals surface area contributed by atoms with Gasteiger partial charge in [0.15, 0.2) is 0 Å². The zero-order valence-corrected chi connectivity index (χ0v) is 13.9. The molecule has 7 heteroatoms. The van der Waals surface area contributed by atoms with Gasteiger partial charge in [0, 0.05) is 10.5 Å². The maximum Gasteiger partial charge on any atom is 0.261 e. The maximum atomic E-state index is 12.3. The summed E-state index contributed by atoms with van der Waals surface area (Å²) in [6.07, 6.45) is 0. The second-order valence-corrected chi connectivity index (χ2v) is 6.66. The summed E-state index contributed by atoms with van der Waals surface area (Å²) in [5.74, 6) is 1.15. The molecule has 2 rings (SSSR count). The minimum absolute atomic E-state index is 0.151. The van der Waals surface area contributed by atoms with Crippen molar-refractivity contribution < 1.29 is 17.9 Å². The average Bonchev–Trinajstić information content (AvgIpc) is 2.49. The lowest BCUT2D eigenvalue weighted by Crippen LogP contribution is -2.13. The highest BCUT2D eigenvalue weighted by Crippen LogP contribution is 2.29. The van der Waals surface area contributed by atoms with E-state index in [9.17, 15) is 8.42 Å². The van der Waals surface area contributed by atoms with Crippen LogP contribution in [0.15, 0.2) is 51.8 Å². The molecule has 1 N–H and O–H groups in total. The number of methoxy groups -OCH3 is 2. The van der Waals surface area contributed by atoms with Gasteiger partial charge in [0.25, 0.3) is 10.0 Å².